The number of carboxylic acids is 1. The fourth-order valence-electron chi connectivity index (χ4n) is 3.69. The number of carbonyl (C=O) groups is 3. The second-order valence-electron chi connectivity index (χ2n) is 8.90. The van der Waals surface area contributed by atoms with Crippen LogP contribution in [0.25, 0.3) is 0 Å². The van der Waals surface area contributed by atoms with E-state index in [1.54, 1.807) is 18.2 Å². The SMILES string of the molecule is COC(=O)[C@H](Cc1ccccc1)NC(=O)[C@@H](CC(=O)O)NCCC(C)(C)c1ccc(O)c(OC)c1. The molecule has 0 aliphatic heterocycles. The van der Waals surface area contributed by atoms with Gasteiger partial charge >= 0.3 is 11.9 Å². The molecule has 0 radical (unpaired) electrons. The van der Waals surface area contributed by atoms with Gasteiger partial charge in [-0.2, -0.15) is 0 Å². The van der Waals surface area contributed by atoms with Crippen LogP contribution in [0.1, 0.15) is 37.8 Å². The van der Waals surface area contributed by atoms with E-state index in [4.69, 9.17) is 9.47 Å². The molecular weight excluding hydrogens is 452 g/mol. The Balaban J connectivity index is 2.07. The summed E-state index contributed by atoms with van der Waals surface area (Å²) in [4.78, 5) is 36.6. The number of ether oxygens (including phenoxy) is 2. The number of amides is 1. The van der Waals surface area contributed by atoms with Gasteiger partial charge in [-0.3, -0.25) is 9.59 Å². The Kier molecular flexibility index (Phi) is 10.1. The van der Waals surface area contributed by atoms with Crippen LogP contribution in [0.4, 0.5) is 0 Å². The van der Waals surface area contributed by atoms with Crippen molar-refractivity contribution in [2.45, 2.75) is 50.6 Å². The molecule has 190 valence electrons. The summed E-state index contributed by atoms with van der Waals surface area (Å²) in [5.74, 6) is -1.95. The molecule has 9 nitrogen and oxygen atoms in total. The number of carboxylic acid groups (broad SMARTS) is 1. The highest BCUT2D eigenvalue weighted by Crippen LogP contribution is 2.34. The number of phenols is 1. The van der Waals surface area contributed by atoms with E-state index >= 15 is 0 Å². The smallest absolute Gasteiger partial charge is 0.328 e. The topological polar surface area (TPSA) is 134 Å². The number of aliphatic carboxylic acids is 1. The van der Waals surface area contributed by atoms with Gasteiger partial charge < -0.3 is 30.3 Å². The number of hydrogen-bond acceptors (Lipinski definition) is 7. The van der Waals surface area contributed by atoms with Gasteiger partial charge in [0.25, 0.3) is 0 Å². The van der Waals surface area contributed by atoms with E-state index in [1.807, 2.05) is 44.2 Å². The van der Waals surface area contributed by atoms with E-state index in [1.165, 1.54) is 14.2 Å². The van der Waals surface area contributed by atoms with E-state index in [9.17, 15) is 24.6 Å². The van der Waals surface area contributed by atoms with Gasteiger partial charge in [-0.05, 0) is 41.6 Å². The van der Waals surface area contributed by atoms with Crippen molar-refractivity contribution in [3.63, 3.8) is 0 Å². The summed E-state index contributed by atoms with van der Waals surface area (Å²) < 4.78 is 10.0. The second-order valence-corrected chi connectivity index (χ2v) is 8.90. The van der Waals surface area contributed by atoms with Gasteiger partial charge in [-0.15, -0.1) is 0 Å². The van der Waals surface area contributed by atoms with Crippen molar-refractivity contribution < 1.29 is 34.1 Å². The molecule has 0 saturated heterocycles. The molecule has 0 spiro atoms. The zero-order chi connectivity index (χ0) is 26.0. The fourth-order valence-corrected chi connectivity index (χ4v) is 3.69. The Labute approximate surface area is 205 Å². The number of phenolic OH excluding ortho intramolecular Hbond substituents is 1. The van der Waals surface area contributed by atoms with Gasteiger partial charge in [0, 0.05) is 6.42 Å². The van der Waals surface area contributed by atoms with Crippen molar-refractivity contribution in [1.82, 2.24) is 10.6 Å². The largest absolute Gasteiger partial charge is 0.504 e. The third-order valence-electron chi connectivity index (χ3n) is 5.88. The number of nitrogens with one attached hydrogen (secondary N) is 2. The van der Waals surface area contributed by atoms with E-state index in [0.717, 1.165) is 11.1 Å². The maximum Gasteiger partial charge on any atom is 0.328 e. The number of rotatable bonds is 13. The van der Waals surface area contributed by atoms with Crippen molar-refractivity contribution in [2.75, 3.05) is 20.8 Å². The number of benzene rings is 2. The Morgan fingerprint density at radius 1 is 1.03 bits per heavy atom. The molecular formula is C26H34N2O7. The van der Waals surface area contributed by atoms with E-state index < -0.39 is 36.4 Å². The van der Waals surface area contributed by atoms with Gasteiger partial charge in [0.1, 0.15) is 6.04 Å². The maximum atomic E-state index is 13.0. The van der Waals surface area contributed by atoms with Gasteiger partial charge in [0.15, 0.2) is 11.5 Å². The van der Waals surface area contributed by atoms with Gasteiger partial charge in [0.05, 0.1) is 26.7 Å². The third-order valence-corrected chi connectivity index (χ3v) is 5.88. The highest BCUT2D eigenvalue weighted by atomic mass is 16.5. The molecule has 2 aromatic rings. The Bertz CT molecular complexity index is 1010. The highest BCUT2D eigenvalue weighted by molar-refractivity contribution is 5.90. The Morgan fingerprint density at radius 3 is 2.31 bits per heavy atom. The summed E-state index contributed by atoms with van der Waals surface area (Å²) in [6.07, 6.45) is 0.335. The second kappa shape index (κ2) is 12.8. The summed E-state index contributed by atoms with van der Waals surface area (Å²) in [6.45, 7) is 4.34. The van der Waals surface area contributed by atoms with Crippen LogP contribution in [0.2, 0.25) is 0 Å². The third kappa shape index (κ3) is 8.29. The lowest BCUT2D eigenvalue weighted by Gasteiger charge is -2.27. The van der Waals surface area contributed by atoms with Gasteiger partial charge in [-0.25, -0.2) is 4.79 Å². The van der Waals surface area contributed by atoms with Gasteiger partial charge in [0.2, 0.25) is 5.91 Å². The molecule has 0 aliphatic carbocycles. The molecule has 0 heterocycles. The fraction of sp³-hybridized carbons (Fsp3) is 0.423. The first kappa shape index (κ1) is 27.7. The van der Waals surface area contributed by atoms with Crippen LogP contribution in [0.5, 0.6) is 11.5 Å². The van der Waals surface area contributed by atoms with Crippen LogP contribution in [0.15, 0.2) is 48.5 Å². The first-order valence-corrected chi connectivity index (χ1v) is 11.3. The molecule has 0 saturated carbocycles. The molecule has 35 heavy (non-hydrogen) atoms. The molecule has 9 heteroatoms. The molecule has 2 aromatic carbocycles. The van der Waals surface area contributed by atoms with Crippen molar-refractivity contribution in [1.29, 1.82) is 0 Å². The normalized spacial score (nSPS) is 12.9. The predicted octanol–water partition coefficient (Wildman–Crippen LogP) is 2.40. The lowest BCUT2D eigenvalue weighted by Crippen LogP contribution is -2.52. The van der Waals surface area contributed by atoms with E-state index in [-0.39, 0.29) is 17.6 Å². The number of aromatic hydroxyl groups is 1. The average molecular weight is 487 g/mol. The average Bonchev–Trinajstić information content (AvgIpc) is 2.82. The predicted molar refractivity (Wildman–Crippen MR) is 130 cm³/mol. The number of esters is 1. The van der Waals surface area contributed by atoms with Crippen LogP contribution in [-0.2, 0) is 31.0 Å². The molecule has 0 bridgehead atoms. The van der Waals surface area contributed by atoms with E-state index in [2.05, 4.69) is 10.6 Å². The summed E-state index contributed by atoms with van der Waals surface area (Å²) in [6, 6.07) is 12.3. The van der Waals surface area contributed by atoms with Crippen molar-refractivity contribution in [3.8, 4) is 11.5 Å². The minimum atomic E-state index is -1.14. The molecule has 0 unspecified atom stereocenters. The quantitative estimate of drug-likeness (QED) is 0.317. The van der Waals surface area contributed by atoms with E-state index in [0.29, 0.717) is 18.7 Å². The van der Waals surface area contributed by atoms with Crippen molar-refractivity contribution in [3.05, 3.63) is 59.7 Å². The molecule has 1 amide bonds. The van der Waals surface area contributed by atoms with Crippen LogP contribution in [0.3, 0.4) is 0 Å². The molecule has 4 N–H and O–H groups in total. The summed E-state index contributed by atoms with van der Waals surface area (Å²) in [5, 5.41) is 24.8. The molecule has 0 aliphatic rings. The molecule has 2 rings (SSSR count). The first-order chi connectivity index (χ1) is 16.6. The zero-order valence-corrected chi connectivity index (χ0v) is 20.5. The zero-order valence-electron chi connectivity index (χ0n) is 20.5. The summed E-state index contributed by atoms with van der Waals surface area (Å²) >= 11 is 0. The van der Waals surface area contributed by atoms with Crippen molar-refractivity contribution in [2.24, 2.45) is 0 Å². The van der Waals surface area contributed by atoms with Gasteiger partial charge in [-0.1, -0.05) is 50.2 Å². The Hall–Kier alpha value is -3.59. The monoisotopic (exact) mass is 486 g/mol. The van der Waals surface area contributed by atoms with Crippen LogP contribution < -0.4 is 15.4 Å². The van der Waals surface area contributed by atoms with Crippen LogP contribution in [-0.4, -0.2) is 60.9 Å². The van der Waals surface area contributed by atoms with Crippen molar-refractivity contribution >= 4 is 17.8 Å². The highest BCUT2D eigenvalue weighted by Gasteiger charge is 2.29. The molecule has 2 atom stereocenters. The van der Waals surface area contributed by atoms with Crippen LogP contribution >= 0.6 is 0 Å². The molecule has 0 fully saturated rings. The van der Waals surface area contributed by atoms with Crippen LogP contribution in [0, 0.1) is 0 Å². The number of hydrogen-bond donors (Lipinski definition) is 4. The molecule has 0 aromatic heterocycles. The minimum Gasteiger partial charge on any atom is -0.504 e. The maximum absolute atomic E-state index is 13.0. The minimum absolute atomic E-state index is 0.0408. The Morgan fingerprint density at radius 2 is 1.71 bits per heavy atom. The lowest BCUT2D eigenvalue weighted by atomic mass is 9.81. The summed E-state index contributed by atoms with van der Waals surface area (Å²) in [5.41, 5.74) is 1.39. The lowest BCUT2D eigenvalue weighted by molar-refractivity contribution is -0.145. The standard InChI is InChI=1S/C26H34N2O7/c1-26(2,18-10-11-21(29)22(15-18)34-3)12-13-27-19(16-23(30)31)24(32)28-20(25(33)35-4)14-17-8-6-5-7-9-17/h5-11,15,19-20,27,29H,12-14,16H2,1-4H3,(H,28,32)(H,30,31)/t19-,20+/m1/s1. The summed E-state index contributed by atoms with van der Waals surface area (Å²) in [7, 11) is 2.71. The number of methoxy groups -OCH3 is 2. The first-order valence-electron chi connectivity index (χ1n) is 11.3. The number of carbonyl (C=O) groups excluding carboxylic acids is 2.